The highest BCUT2D eigenvalue weighted by molar-refractivity contribution is 5.96. The van der Waals surface area contributed by atoms with Gasteiger partial charge < -0.3 is 4.74 Å². The Labute approximate surface area is 159 Å². The molecular formula is C24H21NO2. The number of hydrogen-bond donors (Lipinski definition) is 0. The van der Waals surface area contributed by atoms with Crippen molar-refractivity contribution in [3.8, 4) is 11.8 Å². The normalized spacial score (nSPS) is 12.6. The van der Waals surface area contributed by atoms with Crippen LogP contribution in [0.15, 0.2) is 84.9 Å². The molecular weight excluding hydrogens is 334 g/mol. The predicted molar refractivity (Wildman–Crippen MR) is 106 cm³/mol. The van der Waals surface area contributed by atoms with Gasteiger partial charge in [-0.15, -0.1) is 0 Å². The minimum atomic E-state index is -0.393. The van der Waals surface area contributed by atoms with Gasteiger partial charge in [0.2, 0.25) is 0 Å². The van der Waals surface area contributed by atoms with E-state index in [1.165, 1.54) is 0 Å². The van der Waals surface area contributed by atoms with Gasteiger partial charge in [-0.2, -0.15) is 5.26 Å². The summed E-state index contributed by atoms with van der Waals surface area (Å²) in [7, 11) is 1.60. The van der Waals surface area contributed by atoms with Crippen LogP contribution in [0.1, 0.15) is 39.7 Å². The molecule has 0 aliphatic rings. The number of carbonyl (C=O) groups excluding carboxylic acids is 1. The first-order chi connectivity index (χ1) is 13.2. The van der Waals surface area contributed by atoms with Crippen molar-refractivity contribution in [2.45, 2.75) is 18.3 Å². The van der Waals surface area contributed by atoms with E-state index >= 15 is 0 Å². The van der Waals surface area contributed by atoms with Crippen LogP contribution in [0.25, 0.3) is 0 Å². The Kier molecular flexibility index (Phi) is 6.02. The highest BCUT2D eigenvalue weighted by Gasteiger charge is 2.27. The fourth-order valence-electron chi connectivity index (χ4n) is 3.28. The van der Waals surface area contributed by atoms with Crippen molar-refractivity contribution in [3.05, 3.63) is 102 Å². The molecule has 3 aromatic carbocycles. The number of Topliss-reactive ketones (excluding diaryl/α,β-unsaturated/α-hetero) is 1. The summed E-state index contributed by atoms with van der Waals surface area (Å²) in [6, 6.07) is 29.0. The fraction of sp³-hybridized carbons (Fsp3) is 0.167. The number of nitrogens with zero attached hydrogens (tertiary/aromatic N) is 1. The van der Waals surface area contributed by atoms with E-state index < -0.39 is 5.92 Å². The lowest BCUT2D eigenvalue weighted by Gasteiger charge is -2.22. The van der Waals surface area contributed by atoms with Crippen LogP contribution in [0.2, 0.25) is 0 Å². The van der Waals surface area contributed by atoms with E-state index in [9.17, 15) is 10.1 Å². The van der Waals surface area contributed by atoms with Gasteiger partial charge >= 0.3 is 0 Å². The van der Waals surface area contributed by atoms with Crippen LogP contribution < -0.4 is 4.74 Å². The molecule has 0 aliphatic carbocycles. The van der Waals surface area contributed by atoms with Crippen molar-refractivity contribution in [2.24, 2.45) is 0 Å². The predicted octanol–water partition coefficient (Wildman–Crippen LogP) is 5.36. The van der Waals surface area contributed by atoms with Crippen molar-refractivity contribution >= 4 is 5.78 Å². The van der Waals surface area contributed by atoms with Crippen molar-refractivity contribution in [1.29, 1.82) is 5.26 Å². The third-order valence-electron chi connectivity index (χ3n) is 4.75. The number of benzene rings is 3. The van der Waals surface area contributed by atoms with Crippen molar-refractivity contribution in [2.75, 3.05) is 7.11 Å². The van der Waals surface area contributed by atoms with Gasteiger partial charge in [0.25, 0.3) is 0 Å². The molecule has 0 radical (unpaired) electrons. The molecule has 0 N–H and O–H groups in total. The molecule has 2 atom stereocenters. The van der Waals surface area contributed by atoms with Gasteiger partial charge in [0.05, 0.1) is 19.1 Å². The maximum absolute atomic E-state index is 12.9. The summed E-state index contributed by atoms with van der Waals surface area (Å²) >= 11 is 0. The highest BCUT2D eigenvalue weighted by atomic mass is 16.5. The van der Waals surface area contributed by atoms with Crippen LogP contribution in [0.4, 0.5) is 0 Å². The lowest BCUT2D eigenvalue weighted by atomic mass is 9.78. The summed E-state index contributed by atoms with van der Waals surface area (Å²) in [4.78, 5) is 12.9. The minimum Gasteiger partial charge on any atom is -0.497 e. The second-order valence-corrected chi connectivity index (χ2v) is 6.39. The van der Waals surface area contributed by atoms with Crippen LogP contribution in [0.3, 0.4) is 0 Å². The Morgan fingerprint density at radius 1 is 0.889 bits per heavy atom. The first-order valence-corrected chi connectivity index (χ1v) is 8.89. The lowest BCUT2D eigenvalue weighted by molar-refractivity contribution is 0.0971. The van der Waals surface area contributed by atoms with Gasteiger partial charge in [0, 0.05) is 17.9 Å². The quantitative estimate of drug-likeness (QED) is 0.536. The van der Waals surface area contributed by atoms with Gasteiger partial charge in [-0.3, -0.25) is 4.79 Å². The number of methoxy groups -OCH3 is 1. The molecule has 0 fully saturated rings. The molecule has 0 saturated carbocycles. The van der Waals surface area contributed by atoms with E-state index in [2.05, 4.69) is 6.07 Å². The van der Waals surface area contributed by atoms with Crippen LogP contribution >= 0.6 is 0 Å². The molecule has 0 heterocycles. The highest BCUT2D eigenvalue weighted by Crippen LogP contribution is 2.36. The number of carbonyl (C=O) groups is 1. The average Bonchev–Trinajstić information content (AvgIpc) is 2.75. The summed E-state index contributed by atoms with van der Waals surface area (Å²) in [6.45, 7) is 0. The average molecular weight is 355 g/mol. The monoisotopic (exact) mass is 355 g/mol. The Bertz CT molecular complexity index is 912. The van der Waals surface area contributed by atoms with E-state index in [0.29, 0.717) is 11.3 Å². The van der Waals surface area contributed by atoms with Gasteiger partial charge in [0.1, 0.15) is 5.75 Å². The standard InChI is InChI=1S/C24H21NO2/c1-27-21-14-12-20(13-15-21)24(26)16-22(18-8-4-2-5-9-18)23(17-25)19-10-6-3-7-11-19/h2-15,22-23H,16H2,1H3/t22-,23+/m0/s1. The summed E-state index contributed by atoms with van der Waals surface area (Å²) in [6.07, 6.45) is 0.267. The molecule has 0 amide bonds. The fourth-order valence-corrected chi connectivity index (χ4v) is 3.28. The molecule has 0 bridgehead atoms. The Morgan fingerprint density at radius 2 is 1.44 bits per heavy atom. The Morgan fingerprint density at radius 3 is 1.96 bits per heavy atom. The second-order valence-electron chi connectivity index (χ2n) is 6.39. The maximum atomic E-state index is 12.9. The molecule has 0 spiro atoms. The summed E-state index contributed by atoms with van der Waals surface area (Å²) in [5.41, 5.74) is 2.55. The van der Waals surface area contributed by atoms with Crippen LogP contribution in [-0.2, 0) is 0 Å². The van der Waals surface area contributed by atoms with Crippen LogP contribution in [0.5, 0.6) is 5.75 Å². The smallest absolute Gasteiger partial charge is 0.163 e. The molecule has 3 aromatic rings. The van der Waals surface area contributed by atoms with E-state index in [-0.39, 0.29) is 18.1 Å². The topological polar surface area (TPSA) is 50.1 Å². The third kappa shape index (κ3) is 4.43. The molecule has 134 valence electrons. The zero-order valence-electron chi connectivity index (χ0n) is 15.2. The molecule has 0 unspecified atom stereocenters. The van der Waals surface area contributed by atoms with E-state index in [0.717, 1.165) is 11.1 Å². The van der Waals surface area contributed by atoms with Gasteiger partial charge in [-0.1, -0.05) is 60.7 Å². The summed E-state index contributed by atoms with van der Waals surface area (Å²) in [5.74, 6) is 0.122. The van der Waals surface area contributed by atoms with Crippen molar-refractivity contribution in [3.63, 3.8) is 0 Å². The van der Waals surface area contributed by atoms with E-state index in [1.54, 1.807) is 31.4 Å². The molecule has 3 heteroatoms. The SMILES string of the molecule is COc1ccc(C(=O)C[C@@H](c2ccccc2)[C@H](C#N)c2ccccc2)cc1. The van der Waals surface area contributed by atoms with Crippen LogP contribution in [0, 0.1) is 11.3 Å². The van der Waals surface area contributed by atoms with E-state index in [1.807, 2.05) is 60.7 Å². The Balaban J connectivity index is 1.92. The maximum Gasteiger partial charge on any atom is 0.163 e. The molecule has 0 saturated heterocycles. The van der Waals surface area contributed by atoms with Gasteiger partial charge in [0.15, 0.2) is 5.78 Å². The summed E-state index contributed by atoms with van der Waals surface area (Å²) < 4.78 is 5.16. The van der Waals surface area contributed by atoms with E-state index in [4.69, 9.17) is 4.74 Å². The van der Waals surface area contributed by atoms with Crippen molar-refractivity contribution < 1.29 is 9.53 Å². The zero-order valence-corrected chi connectivity index (χ0v) is 15.2. The molecule has 3 nitrogen and oxygen atoms in total. The first kappa shape index (κ1) is 18.4. The van der Waals surface area contributed by atoms with Gasteiger partial charge in [-0.25, -0.2) is 0 Å². The molecule has 0 aliphatic heterocycles. The number of ketones is 1. The van der Waals surface area contributed by atoms with Crippen molar-refractivity contribution in [1.82, 2.24) is 0 Å². The van der Waals surface area contributed by atoms with Gasteiger partial charge in [-0.05, 0) is 35.4 Å². The number of ether oxygens (including phenoxy) is 1. The Hall–Kier alpha value is -3.38. The zero-order chi connectivity index (χ0) is 19.1. The molecule has 3 rings (SSSR count). The third-order valence-corrected chi connectivity index (χ3v) is 4.75. The number of hydrogen-bond acceptors (Lipinski definition) is 3. The molecule has 0 aromatic heterocycles. The lowest BCUT2D eigenvalue weighted by Crippen LogP contribution is -2.15. The molecule has 27 heavy (non-hydrogen) atoms. The number of nitriles is 1. The van der Waals surface area contributed by atoms with Crippen LogP contribution in [-0.4, -0.2) is 12.9 Å². The number of rotatable bonds is 7. The second kappa shape index (κ2) is 8.82. The first-order valence-electron chi connectivity index (χ1n) is 8.89. The largest absolute Gasteiger partial charge is 0.497 e. The minimum absolute atomic E-state index is 0.0164. The summed E-state index contributed by atoms with van der Waals surface area (Å²) in [5, 5.41) is 9.89.